The number of nitrogens with zero attached hydrogens (tertiary/aromatic N) is 3. The molecule has 2 rings (SSSR count). The molecule has 4 heteroatoms. The molecular formula is C12H20N4. The van der Waals surface area contributed by atoms with Gasteiger partial charge in [-0.3, -0.25) is 4.98 Å². The fraction of sp³-hybridized carbons (Fsp3) is 0.667. The van der Waals surface area contributed by atoms with Gasteiger partial charge >= 0.3 is 0 Å². The van der Waals surface area contributed by atoms with Crippen molar-refractivity contribution in [2.75, 3.05) is 24.5 Å². The monoisotopic (exact) mass is 220 g/mol. The topological polar surface area (TPSA) is 41.1 Å². The Morgan fingerprint density at radius 3 is 2.81 bits per heavy atom. The molecule has 1 N–H and O–H groups in total. The van der Waals surface area contributed by atoms with E-state index in [0.717, 1.165) is 31.1 Å². The molecule has 0 spiro atoms. The van der Waals surface area contributed by atoms with Crippen LogP contribution in [0.2, 0.25) is 0 Å². The number of anilines is 1. The summed E-state index contributed by atoms with van der Waals surface area (Å²) in [6.07, 6.45) is 3.71. The molecule has 88 valence electrons. The zero-order valence-corrected chi connectivity index (χ0v) is 10.3. The highest BCUT2D eigenvalue weighted by Gasteiger charge is 2.22. The van der Waals surface area contributed by atoms with Crippen molar-refractivity contribution >= 4 is 5.82 Å². The Kier molecular flexibility index (Phi) is 3.39. The Morgan fingerprint density at radius 1 is 1.38 bits per heavy atom. The molecule has 1 saturated heterocycles. The molecule has 0 amide bonds. The van der Waals surface area contributed by atoms with E-state index in [9.17, 15) is 0 Å². The predicted octanol–water partition coefficient (Wildman–Crippen LogP) is 1.22. The van der Waals surface area contributed by atoms with Gasteiger partial charge in [-0.05, 0) is 12.8 Å². The molecule has 1 unspecified atom stereocenters. The van der Waals surface area contributed by atoms with Crippen molar-refractivity contribution in [1.29, 1.82) is 0 Å². The fourth-order valence-electron chi connectivity index (χ4n) is 1.98. The van der Waals surface area contributed by atoms with Crippen molar-refractivity contribution < 1.29 is 0 Å². The number of hydrogen-bond acceptors (Lipinski definition) is 4. The summed E-state index contributed by atoms with van der Waals surface area (Å²) in [6.45, 7) is 9.53. The van der Waals surface area contributed by atoms with Gasteiger partial charge in [-0.1, -0.05) is 13.8 Å². The molecule has 0 aromatic carbocycles. The molecule has 0 bridgehead atoms. The van der Waals surface area contributed by atoms with Gasteiger partial charge in [-0.2, -0.15) is 0 Å². The highest BCUT2D eigenvalue weighted by Crippen LogP contribution is 2.14. The van der Waals surface area contributed by atoms with Crippen molar-refractivity contribution in [3.8, 4) is 0 Å². The standard InChI is InChI=1S/C12H20N4/c1-9(2)11-8-16(5-4-13-11)12-7-14-10(3)6-15-12/h6-7,9,11,13H,4-5,8H2,1-3H3. The minimum absolute atomic E-state index is 0.553. The van der Waals surface area contributed by atoms with E-state index in [2.05, 4.69) is 34.0 Å². The van der Waals surface area contributed by atoms with Crippen LogP contribution >= 0.6 is 0 Å². The molecule has 1 aromatic rings. The Hall–Kier alpha value is -1.16. The van der Waals surface area contributed by atoms with Gasteiger partial charge in [0.1, 0.15) is 5.82 Å². The molecule has 1 aromatic heterocycles. The number of aromatic nitrogens is 2. The Morgan fingerprint density at radius 2 is 2.19 bits per heavy atom. The van der Waals surface area contributed by atoms with E-state index in [1.807, 2.05) is 19.3 Å². The average Bonchev–Trinajstić information content (AvgIpc) is 2.30. The lowest BCUT2D eigenvalue weighted by molar-refractivity contribution is 0.367. The van der Waals surface area contributed by atoms with Crippen LogP contribution in [0.3, 0.4) is 0 Å². The van der Waals surface area contributed by atoms with Gasteiger partial charge in [0, 0.05) is 25.7 Å². The van der Waals surface area contributed by atoms with Gasteiger partial charge in [0.2, 0.25) is 0 Å². The van der Waals surface area contributed by atoms with E-state index < -0.39 is 0 Å². The second-order valence-corrected chi connectivity index (χ2v) is 4.77. The maximum absolute atomic E-state index is 4.43. The first-order valence-corrected chi connectivity index (χ1v) is 5.94. The molecule has 0 radical (unpaired) electrons. The normalized spacial score (nSPS) is 21.5. The largest absolute Gasteiger partial charge is 0.352 e. The first-order chi connectivity index (χ1) is 7.66. The first kappa shape index (κ1) is 11.3. The van der Waals surface area contributed by atoms with Crippen molar-refractivity contribution in [3.63, 3.8) is 0 Å². The molecular weight excluding hydrogens is 200 g/mol. The van der Waals surface area contributed by atoms with Crippen LogP contribution in [0.15, 0.2) is 12.4 Å². The third-order valence-electron chi connectivity index (χ3n) is 3.10. The molecule has 1 fully saturated rings. The summed E-state index contributed by atoms with van der Waals surface area (Å²) in [5.41, 5.74) is 0.972. The summed E-state index contributed by atoms with van der Waals surface area (Å²) in [4.78, 5) is 11.0. The second kappa shape index (κ2) is 4.78. The van der Waals surface area contributed by atoms with Crippen molar-refractivity contribution in [3.05, 3.63) is 18.1 Å². The number of hydrogen-bond donors (Lipinski definition) is 1. The quantitative estimate of drug-likeness (QED) is 0.813. The van der Waals surface area contributed by atoms with E-state index in [0.29, 0.717) is 12.0 Å². The fourth-order valence-corrected chi connectivity index (χ4v) is 1.98. The molecule has 2 heterocycles. The highest BCUT2D eigenvalue weighted by atomic mass is 15.2. The average molecular weight is 220 g/mol. The SMILES string of the molecule is Cc1cnc(N2CCNC(C(C)C)C2)cn1. The van der Waals surface area contributed by atoms with Gasteiger partial charge in [0.15, 0.2) is 0 Å². The first-order valence-electron chi connectivity index (χ1n) is 5.94. The Labute approximate surface area is 97.1 Å². The number of nitrogens with one attached hydrogen (secondary N) is 1. The Balaban J connectivity index is 2.06. The van der Waals surface area contributed by atoms with Gasteiger partial charge in [0.05, 0.1) is 18.1 Å². The van der Waals surface area contributed by atoms with Gasteiger partial charge in [-0.25, -0.2) is 4.98 Å². The van der Waals surface area contributed by atoms with Crippen molar-refractivity contribution in [2.45, 2.75) is 26.8 Å². The van der Waals surface area contributed by atoms with Crippen LogP contribution in [0.5, 0.6) is 0 Å². The van der Waals surface area contributed by atoms with Crippen molar-refractivity contribution in [2.24, 2.45) is 5.92 Å². The zero-order valence-electron chi connectivity index (χ0n) is 10.3. The van der Waals surface area contributed by atoms with Gasteiger partial charge < -0.3 is 10.2 Å². The van der Waals surface area contributed by atoms with Crippen molar-refractivity contribution in [1.82, 2.24) is 15.3 Å². The Bertz CT molecular complexity index is 333. The summed E-state index contributed by atoms with van der Waals surface area (Å²) in [5.74, 6) is 1.65. The van der Waals surface area contributed by atoms with E-state index in [-0.39, 0.29) is 0 Å². The van der Waals surface area contributed by atoms with E-state index >= 15 is 0 Å². The molecule has 1 atom stereocenters. The summed E-state index contributed by atoms with van der Waals surface area (Å²) >= 11 is 0. The van der Waals surface area contributed by atoms with E-state index in [1.54, 1.807) is 0 Å². The lowest BCUT2D eigenvalue weighted by Crippen LogP contribution is -2.53. The minimum atomic E-state index is 0.553. The van der Waals surface area contributed by atoms with Crippen LogP contribution < -0.4 is 10.2 Å². The number of aryl methyl sites for hydroxylation is 1. The summed E-state index contributed by atoms with van der Waals surface area (Å²) in [6, 6.07) is 0.553. The minimum Gasteiger partial charge on any atom is -0.352 e. The molecule has 0 saturated carbocycles. The van der Waals surface area contributed by atoms with E-state index in [1.165, 1.54) is 0 Å². The lowest BCUT2D eigenvalue weighted by atomic mass is 10.0. The third-order valence-corrected chi connectivity index (χ3v) is 3.10. The highest BCUT2D eigenvalue weighted by molar-refractivity contribution is 5.36. The molecule has 16 heavy (non-hydrogen) atoms. The third kappa shape index (κ3) is 2.50. The van der Waals surface area contributed by atoms with Crippen LogP contribution in [0.4, 0.5) is 5.82 Å². The lowest BCUT2D eigenvalue weighted by Gasteiger charge is -2.36. The summed E-state index contributed by atoms with van der Waals surface area (Å²) < 4.78 is 0. The summed E-state index contributed by atoms with van der Waals surface area (Å²) in [5, 5.41) is 3.54. The van der Waals surface area contributed by atoms with Gasteiger partial charge in [0.25, 0.3) is 0 Å². The second-order valence-electron chi connectivity index (χ2n) is 4.77. The summed E-state index contributed by atoms with van der Waals surface area (Å²) in [7, 11) is 0. The van der Waals surface area contributed by atoms with Crippen LogP contribution in [-0.2, 0) is 0 Å². The zero-order chi connectivity index (χ0) is 11.5. The van der Waals surface area contributed by atoms with Crippen LogP contribution in [-0.4, -0.2) is 35.6 Å². The number of piperazine rings is 1. The van der Waals surface area contributed by atoms with Gasteiger partial charge in [-0.15, -0.1) is 0 Å². The maximum atomic E-state index is 4.43. The molecule has 1 aliphatic rings. The molecule has 0 aliphatic carbocycles. The predicted molar refractivity (Wildman–Crippen MR) is 65.6 cm³/mol. The molecule has 1 aliphatic heterocycles. The van der Waals surface area contributed by atoms with Crippen LogP contribution in [0.25, 0.3) is 0 Å². The number of rotatable bonds is 2. The smallest absolute Gasteiger partial charge is 0.147 e. The van der Waals surface area contributed by atoms with Crippen LogP contribution in [0.1, 0.15) is 19.5 Å². The molecule has 4 nitrogen and oxygen atoms in total. The maximum Gasteiger partial charge on any atom is 0.147 e. The van der Waals surface area contributed by atoms with Crippen LogP contribution in [0, 0.1) is 12.8 Å². The van der Waals surface area contributed by atoms with E-state index in [4.69, 9.17) is 0 Å².